The zero-order valence-corrected chi connectivity index (χ0v) is 40.8. The van der Waals surface area contributed by atoms with Crippen LogP contribution in [0.1, 0.15) is 33.4 Å². The van der Waals surface area contributed by atoms with E-state index in [-0.39, 0.29) is 50.6 Å². The smallest absolute Gasteiger partial charge is 0.332 e. The van der Waals surface area contributed by atoms with Crippen LogP contribution in [0.15, 0.2) is 170 Å². The number of carbonyl (C=O) groups excluding carboxylic acids is 6. The Balaban J connectivity index is 0.682. The first kappa shape index (κ1) is 50.0. The van der Waals surface area contributed by atoms with Gasteiger partial charge in [0, 0.05) is 72.0 Å². The van der Waals surface area contributed by atoms with Gasteiger partial charge in [0.2, 0.25) is 0 Å². The summed E-state index contributed by atoms with van der Waals surface area (Å²) >= 11 is 0. The van der Waals surface area contributed by atoms with E-state index in [1.54, 1.807) is 36.7 Å². The van der Waals surface area contributed by atoms with Gasteiger partial charge in [-0.2, -0.15) is 0 Å². The second kappa shape index (κ2) is 22.3. The molecule has 6 aromatic carbocycles. The molecule has 76 heavy (non-hydrogen) atoms. The van der Waals surface area contributed by atoms with Gasteiger partial charge in [0.1, 0.15) is 35.1 Å². The molecule has 0 spiro atoms. The summed E-state index contributed by atoms with van der Waals surface area (Å²) in [4.78, 5) is 87.3. The Kier molecular flexibility index (Phi) is 14.7. The van der Waals surface area contributed by atoms with Gasteiger partial charge in [-0.3, -0.25) is 30.9 Å². The maximum atomic E-state index is 13.5. The van der Waals surface area contributed by atoms with Gasteiger partial charge in [-0.1, -0.05) is 72.8 Å². The van der Waals surface area contributed by atoms with Crippen molar-refractivity contribution in [1.82, 2.24) is 30.4 Å². The van der Waals surface area contributed by atoms with Gasteiger partial charge in [0.15, 0.2) is 12.5 Å². The molecule has 0 saturated carbocycles. The number of nitrogens with two attached hydrogens (primary N) is 2. The van der Waals surface area contributed by atoms with Crippen molar-refractivity contribution in [2.24, 2.45) is 11.5 Å². The van der Waals surface area contributed by atoms with Crippen LogP contribution in [0.25, 0.3) is 21.8 Å². The Morgan fingerprint density at radius 3 is 1.33 bits per heavy atom. The molecular weight excluding hydrogens is 969 g/mol. The minimum Gasteiger partial charge on any atom is -0.457 e. The lowest BCUT2D eigenvalue weighted by Crippen LogP contribution is -2.32. The van der Waals surface area contributed by atoms with E-state index in [4.69, 9.17) is 30.4 Å². The number of fused-ring (bicyclic) bond motifs is 2. The summed E-state index contributed by atoms with van der Waals surface area (Å²) in [7, 11) is 0. The van der Waals surface area contributed by atoms with Crippen molar-refractivity contribution >= 4 is 57.6 Å². The van der Waals surface area contributed by atoms with Crippen molar-refractivity contribution in [3.8, 4) is 23.0 Å². The standard InChI is InChI=1S/C58H52N8O10/c59-51(29-39-31-61-47-19-17-35(25-45(39)47)27-49-55(69)65(57(71)63-49)33-37-9-7-15-43(23-37)73-41-11-3-1-4-12-41)75-53(67)21-22-54(68)76-52(60)30-40-32-62-48-20-18-36(26-46(40)48)28-50-56(70)66(58(72)64-50)34-38-10-8-16-44(24-38)74-42-13-5-2-6-14-42/h1-26,31-32,49-52,61-62H,27-30,33-34,59-60H2,(H,63,71)(H,64,72)/b22-21-. The molecule has 18 nitrogen and oxygen atoms in total. The predicted molar refractivity (Wildman–Crippen MR) is 280 cm³/mol. The molecule has 2 aliphatic heterocycles. The van der Waals surface area contributed by atoms with Gasteiger partial charge in [-0.05, 0) is 106 Å². The number of amides is 6. The van der Waals surface area contributed by atoms with Crippen molar-refractivity contribution < 1.29 is 47.7 Å². The number of hydrogen-bond donors (Lipinski definition) is 6. The number of nitrogens with one attached hydrogen (secondary N) is 4. The quantitative estimate of drug-likeness (QED) is 0.0187. The Bertz CT molecular complexity index is 3280. The zero-order valence-electron chi connectivity index (χ0n) is 40.8. The Hall–Kier alpha value is -9.52. The van der Waals surface area contributed by atoms with Crippen molar-refractivity contribution in [2.75, 3.05) is 0 Å². The molecule has 2 saturated heterocycles. The van der Waals surface area contributed by atoms with Gasteiger partial charge < -0.3 is 39.5 Å². The lowest BCUT2D eigenvalue weighted by Gasteiger charge is -2.14. The predicted octanol–water partition coefficient (Wildman–Crippen LogP) is 7.56. The molecule has 10 rings (SSSR count). The average molecular weight is 1020 g/mol. The number of rotatable bonds is 20. The zero-order chi connectivity index (χ0) is 52.7. The Morgan fingerprint density at radius 1 is 0.500 bits per heavy atom. The van der Waals surface area contributed by atoms with Gasteiger partial charge in [-0.25, -0.2) is 19.2 Å². The Morgan fingerprint density at radius 2 is 0.908 bits per heavy atom. The number of benzene rings is 6. The molecule has 0 radical (unpaired) electrons. The monoisotopic (exact) mass is 1020 g/mol. The first-order valence-corrected chi connectivity index (χ1v) is 24.5. The fourth-order valence-electron chi connectivity index (χ4n) is 9.30. The number of aromatic nitrogens is 2. The third kappa shape index (κ3) is 11.9. The van der Waals surface area contributed by atoms with Gasteiger partial charge >= 0.3 is 24.0 Å². The third-order valence-corrected chi connectivity index (χ3v) is 12.9. The summed E-state index contributed by atoms with van der Waals surface area (Å²) in [5.41, 5.74) is 18.6. The van der Waals surface area contributed by atoms with Crippen LogP contribution >= 0.6 is 0 Å². The fraction of sp³-hybridized carbons (Fsp3) is 0.172. The van der Waals surface area contributed by atoms with Gasteiger partial charge in [0.25, 0.3) is 11.8 Å². The minimum atomic E-state index is -1.09. The SMILES string of the molecule is NC(Cc1c[nH]c2ccc(CC3NC(=O)N(Cc4cccc(Oc5ccccc5)c4)C3=O)cc12)OC(=O)/C=C\C(=O)OC(N)Cc1c[nH]c2ccc(CC3NC(=O)N(Cc4cccc(Oc5ccccc5)c4)C3=O)cc12. The maximum Gasteiger partial charge on any atom is 0.332 e. The number of H-pyrrole nitrogens is 2. The van der Waals surface area contributed by atoms with E-state index < -0.39 is 48.5 Å². The molecule has 0 bridgehead atoms. The maximum absolute atomic E-state index is 13.5. The van der Waals surface area contributed by atoms with Crippen LogP contribution in [0, 0.1) is 0 Å². The summed E-state index contributed by atoms with van der Waals surface area (Å²) in [5.74, 6) is 0.0585. The lowest BCUT2D eigenvalue weighted by atomic mass is 10.0. The number of carbonyl (C=O) groups is 6. The van der Waals surface area contributed by atoms with E-state index in [0.29, 0.717) is 23.0 Å². The molecule has 2 aliphatic rings. The highest BCUT2D eigenvalue weighted by Crippen LogP contribution is 2.28. The van der Waals surface area contributed by atoms with Crippen LogP contribution in [-0.2, 0) is 67.4 Å². The highest BCUT2D eigenvalue weighted by atomic mass is 16.6. The number of para-hydroxylation sites is 2. The molecule has 4 unspecified atom stereocenters. The molecule has 18 heteroatoms. The van der Waals surface area contributed by atoms with Crippen molar-refractivity contribution in [3.05, 3.63) is 204 Å². The summed E-state index contributed by atoms with van der Waals surface area (Å²) in [5, 5.41) is 7.20. The average Bonchev–Trinajstić information content (AvgIpc) is 4.14. The normalized spacial score (nSPS) is 16.3. The van der Waals surface area contributed by atoms with E-state index >= 15 is 0 Å². The van der Waals surface area contributed by atoms with Crippen LogP contribution in [0.4, 0.5) is 9.59 Å². The molecule has 2 fully saturated rings. The molecule has 4 heterocycles. The highest BCUT2D eigenvalue weighted by Gasteiger charge is 2.39. The van der Waals surface area contributed by atoms with E-state index in [9.17, 15) is 28.8 Å². The summed E-state index contributed by atoms with van der Waals surface area (Å²) in [6.45, 7) is 0.149. The molecule has 384 valence electrons. The highest BCUT2D eigenvalue weighted by molar-refractivity contribution is 6.05. The van der Waals surface area contributed by atoms with Crippen LogP contribution in [0.5, 0.6) is 23.0 Å². The van der Waals surface area contributed by atoms with Crippen molar-refractivity contribution in [1.29, 1.82) is 0 Å². The second-order valence-corrected chi connectivity index (χ2v) is 18.5. The Labute approximate surface area is 435 Å². The first-order valence-electron chi connectivity index (χ1n) is 24.5. The number of nitrogens with zero attached hydrogens (tertiary/aromatic N) is 2. The molecule has 2 aromatic heterocycles. The molecule has 8 N–H and O–H groups in total. The van der Waals surface area contributed by atoms with Crippen LogP contribution < -0.4 is 31.6 Å². The number of urea groups is 2. The summed E-state index contributed by atoms with van der Waals surface area (Å²) in [6, 6.07) is 41.8. The topological polar surface area (TPSA) is 253 Å². The first-order chi connectivity index (χ1) is 36.9. The number of esters is 2. The van der Waals surface area contributed by atoms with Gasteiger partial charge in [-0.15, -0.1) is 0 Å². The number of imide groups is 2. The van der Waals surface area contributed by atoms with Gasteiger partial charge in [0.05, 0.1) is 13.1 Å². The van der Waals surface area contributed by atoms with E-state index in [2.05, 4.69) is 20.6 Å². The summed E-state index contributed by atoms with van der Waals surface area (Å²) < 4.78 is 22.6. The van der Waals surface area contributed by atoms with Crippen molar-refractivity contribution in [2.45, 2.75) is 63.3 Å². The van der Waals surface area contributed by atoms with E-state index in [1.165, 1.54) is 9.80 Å². The molecule has 0 aliphatic carbocycles. The number of hydrogen-bond acceptors (Lipinski definition) is 12. The lowest BCUT2D eigenvalue weighted by molar-refractivity contribution is -0.145. The van der Waals surface area contributed by atoms with E-state index in [1.807, 2.05) is 121 Å². The van der Waals surface area contributed by atoms with Crippen molar-refractivity contribution in [3.63, 3.8) is 0 Å². The molecular formula is C58H52N8O10. The fourth-order valence-corrected chi connectivity index (χ4v) is 9.30. The second-order valence-electron chi connectivity index (χ2n) is 18.5. The molecule has 8 aromatic rings. The summed E-state index contributed by atoms with van der Waals surface area (Å²) in [6.07, 6.45) is 3.87. The minimum absolute atomic E-state index is 0.0747. The van der Waals surface area contributed by atoms with Crippen LogP contribution in [-0.4, -0.2) is 80.1 Å². The van der Waals surface area contributed by atoms with Crippen LogP contribution in [0.3, 0.4) is 0 Å². The van der Waals surface area contributed by atoms with E-state index in [0.717, 1.165) is 67.3 Å². The molecule has 4 atom stereocenters. The molecule has 6 amide bonds. The van der Waals surface area contributed by atoms with Crippen LogP contribution in [0.2, 0.25) is 0 Å². The number of aromatic amines is 2. The largest absolute Gasteiger partial charge is 0.457 e. The number of ether oxygens (including phenoxy) is 4. The third-order valence-electron chi connectivity index (χ3n) is 12.9.